The van der Waals surface area contributed by atoms with Crippen molar-refractivity contribution in [1.29, 1.82) is 0 Å². The van der Waals surface area contributed by atoms with Gasteiger partial charge in [0.25, 0.3) is 0 Å². The van der Waals surface area contributed by atoms with Crippen molar-refractivity contribution < 1.29 is 4.42 Å². The van der Waals surface area contributed by atoms with Gasteiger partial charge in [-0.25, -0.2) is 0 Å². The van der Waals surface area contributed by atoms with Crippen LogP contribution in [0.1, 0.15) is 43.6 Å². The molecule has 10 aromatic carbocycles. The third-order valence-corrected chi connectivity index (χ3v) is 14.4. The molecule has 1 saturated carbocycles. The van der Waals surface area contributed by atoms with Crippen LogP contribution in [-0.4, -0.2) is 4.57 Å². The quantitative estimate of drug-likeness (QED) is 0.152. The number of anilines is 3. The Morgan fingerprint density at radius 3 is 1.96 bits per heavy atom. The number of hydrogen-bond acceptors (Lipinski definition) is 2. The lowest BCUT2D eigenvalue weighted by atomic mass is 9.80. The summed E-state index contributed by atoms with van der Waals surface area (Å²) in [6.45, 7) is 0. The first-order valence-electron chi connectivity index (χ1n) is 23.9. The van der Waals surface area contributed by atoms with Crippen LogP contribution in [0.2, 0.25) is 0 Å². The van der Waals surface area contributed by atoms with E-state index in [2.05, 4.69) is 228 Å². The largest absolute Gasteiger partial charge is 0.455 e. The van der Waals surface area contributed by atoms with Crippen LogP contribution < -0.4 is 4.90 Å². The van der Waals surface area contributed by atoms with Crippen LogP contribution in [0.4, 0.5) is 17.1 Å². The van der Waals surface area contributed by atoms with Crippen molar-refractivity contribution in [2.24, 2.45) is 0 Å². The summed E-state index contributed by atoms with van der Waals surface area (Å²) in [4.78, 5) is 2.46. The Labute approximate surface area is 390 Å². The molecule has 2 aromatic heterocycles. The van der Waals surface area contributed by atoms with E-state index in [0.29, 0.717) is 5.92 Å². The molecular weight excluding hydrogens is 813 g/mol. The molecular formula is C64H48N2O. The van der Waals surface area contributed by atoms with E-state index in [1.54, 1.807) is 0 Å². The number of aromatic nitrogens is 1. The van der Waals surface area contributed by atoms with Crippen LogP contribution in [-0.2, 0) is 0 Å². The summed E-state index contributed by atoms with van der Waals surface area (Å²) in [6.07, 6.45) is 6.43. The maximum atomic E-state index is 6.53. The molecule has 1 fully saturated rings. The molecule has 13 rings (SSSR count). The van der Waals surface area contributed by atoms with Crippen molar-refractivity contribution in [2.75, 3.05) is 4.90 Å². The molecule has 67 heavy (non-hydrogen) atoms. The van der Waals surface area contributed by atoms with Gasteiger partial charge in [-0.05, 0) is 124 Å². The van der Waals surface area contributed by atoms with E-state index in [9.17, 15) is 0 Å². The Morgan fingerprint density at radius 1 is 0.418 bits per heavy atom. The lowest BCUT2D eigenvalue weighted by molar-refractivity contribution is 0.445. The van der Waals surface area contributed by atoms with Gasteiger partial charge in [-0.2, -0.15) is 0 Å². The van der Waals surface area contributed by atoms with Crippen molar-refractivity contribution >= 4 is 71.6 Å². The van der Waals surface area contributed by atoms with Crippen molar-refractivity contribution in [3.8, 4) is 39.1 Å². The van der Waals surface area contributed by atoms with Crippen molar-refractivity contribution in [3.63, 3.8) is 0 Å². The van der Waals surface area contributed by atoms with Gasteiger partial charge >= 0.3 is 0 Å². The van der Waals surface area contributed by atoms with E-state index in [1.807, 2.05) is 6.07 Å². The fraction of sp³-hybridized carbons (Fsp3) is 0.0938. The zero-order valence-corrected chi connectivity index (χ0v) is 37.3. The van der Waals surface area contributed by atoms with E-state index in [1.165, 1.54) is 86.9 Å². The van der Waals surface area contributed by atoms with Gasteiger partial charge in [0.15, 0.2) is 0 Å². The van der Waals surface area contributed by atoms with Gasteiger partial charge in [-0.1, -0.05) is 177 Å². The molecule has 0 bridgehead atoms. The van der Waals surface area contributed by atoms with Crippen LogP contribution in [0.5, 0.6) is 0 Å². The van der Waals surface area contributed by atoms with E-state index >= 15 is 0 Å². The SMILES string of the molecule is c1ccc(-n2c3ccccc3c3cc(-c4cccc(N(c5ccc(-c6cccc7c6oc6ccccc67)cc5)c5ccccc5-c5cccc6cccc(C7CCCCC7)c56)c4)ccc32)cc1. The van der Waals surface area contributed by atoms with Crippen molar-refractivity contribution in [1.82, 2.24) is 4.57 Å². The van der Waals surface area contributed by atoms with E-state index < -0.39 is 0 Å². The monoisotopic (exact) mass is 860 g/mol. The summed E-state index contributed by atoms with van der Waals surface area (Å²) in [7, 11) is 0. The highest BCUT2D eigenvalue weighted by molar-refractivity contribution is 6.11. The molecule has 1 aliphatic rings. The second-order valence-corrected chi connectivity index (χ2v) is 18.2. The summed E-state index contributed by atoms with van der Waals surface area (Å²) < 4.78 is 8.91. The third-order valence-electron chi connectivity index (χ3n) is 14.4. The summed E-state index contributed by atoms with van der Waals surface area (Å²) in [5.41, 5.74) is 17.2. The number of nitrogens with zero attached hydrogens (tertiary/aromatic N) is 2. The summed E-state index contributed by atoms with van der Waals surface area (Å²) in [5, 5.41) is 7.45. The smallest absolute Gasteiger partial charge is 0.143 e. The molecule has 0 amide bonds. The number of furan rings is 1. The average molecular weight is 861 g/mol. The zero-order chi connectivity index (χ0) is 44.3. The van der Waals surface area contributed by atoms with Gasteiger partial charge in [0, 0.05) is 49.7 Å². The molecule has 1 aliphatic carbocycles. The Bertz CT molecular complexity index is 3790. The molecule has 0 spiro atoms. The number of hydrogen-bond donors (Lipinski definition) is 0. The predicted octanol–water partition coefficient (Wildman–Crippen LogP) is 18.4. The fourth-order valence-electron chi connectivity index (χ4n) is 11.3. The second kappa shape index (κ2) is 16.4. The molecule has 12 aromatic rings. The van der Waals surface area contributed by atoms with Crippen LogP contribution in [0.25, 0.3) is 93.6 Å². The van der Waals surface area contributed by atoms with E-state index in [0.717, 1.165) is 61.4 Å². The van der Waals surface area contributed by atoms with E-state index in [4.69, 9.17) is 4.42 Å². The van der Waals surface area contributed by atoms with Crippen LogP contribution in [0.3, 0.4) is 0 Å². The molecule has 3 heteroatoms. The van der Waals surface area contributed by atoms with Gasteiger partial charge in [0.2, 0.25) is 0 Å². The minimum Gasteiger partial charge on any atom is -0.455 e. The Hall–Kier alpha value is -8.14. The standard InChI is InChI=1S/C64H48N2O/c1-3-17-43(18-4-1)51-28-14-19-45-20-15-30-56(63(45)51)53-25-7-10-32-59(53)65(49-38-35-44(36-39-49)52-29-16-31-57-55-27-9-12-34-62(55)67-64(52)57)50-24-13-21-46(41-50)47-37-40-61-58(42-47)54-26-8-11-33-60(54)66(61)48-22-5-2-6-23-48/h2,5-16,19-43H,1,3-4,17-18H2. The maximum Gasteiger partial charge on any atom is 0.143 e. The first-order chi connectivity index (χ1) is 33.2. The van der Waals surface area contributed by atoms with Crippen LogP contribution in [0, 0.1) is 0 Å². The Balaban J connectivity index is 0.983. The summed E-state index contributed by atoms with van der Waals surface area (Å²) in [6, 6.07) is 82.3. The normalized spacial score (nSPS) is 13.3. The van der Waals surface area contributed by atoms with Gasteiger partial charge in [-0.15, -0.1) is 0 Å². The highest BCUT2D eigenvalue weighted by Gasteiger charge is 2.24. The average Bonchev–Trinajstić information content (AvgIpc) is 3.95. The van der Waals surface area contributed by atoms with Gasteiger partial charge in [0.1, 0.15) is 11.2 Å². The number of rotatable bonds is 8. The lowest BCUT2D eigenvalue weighted by Gasteiger charge is -2.29. The molecule has 2 heterocycles. The summed E-state index contributed by atoms with van der Waals surface area (Å²) in [5.74, 6) is 0.571. The van der Waals surface area contributed by atoms with E-state index in [-0.39, 0.29) is 0 Å². The molecule has 0 atom stereocenters. The summed E-state index contributed by atoms with van der Waals surface area (Å²) >= 11 is 0. The van der Waals surface area contributed by atoms with Gasteiger partial charge < -0.3 is 13.9 Å². The first-order valence-corrected chi connectivity index (χ1v) is 23.9. The van der Waals surface area contributed by atoms with Crippen molar-refractivity contribution in [2.45, 2.75) is 38.0 Å². The lowest BCUT2D eigenvalue weighted by Crippen LogP contribution is -2.11. The van der Waals surface area contributed by atoms with Crippen LogP contribution in [0.15, 0.2) is 229 Å². The second-order valence-electron chi connectivity index (χ2n) is 18.2. The molecule has 0 aliphatic heterocycles. The molecule has 0 saturated heterocycles. The molecule has 3 nitrogen and oxygen atoms in total. The minimum atomic E-state index is 0.571. The predicted molar refractivity (Wildman–Crippen MR) is 282 cm³/mol. The molecule has 0 unspecified atom stereocenters. The van der Waals surface area contributed by atoms with Crippen LogP contribution >= 0.6 is 0 Å². The highest BCUT2D eigenvalue weighted by atomic mass is 16.3. The number of fused-ring (bicyclic) bond motifs is 7. The zero-order valence-electron chi connectivity index (χ0n) is 37.3. The third kappa shape index (κ3) is 6.72. The highest BCUT2D eigenvalue weighted by Crippen LogP contribution is 2.47. The topological polar surface area (TPSA) is 21.3 Å². The Kier molecular flexibility index (Phi) is 9.60. The molecule has 0 N–H and O–H groups in total. The first kappa shape index (κ1) is 39.2. The van der Waals surface area contributed by atoms with Gasteiger partial charge in [0.05, 0.1) is 16.7 Å². The molecule has 320 valence electrons. The van der Waals surface area contributed by atoms with Crippen molar-refractivity contribution in [3.05, 3.63) is 230 Å². The Morgan fingerprint density at radius 2 is 1.07 bits per heavy atom. The maximum absolute atomic E-state index is 6.53. The number of para-hydroxylation sites is 5. The minimum absolute atomic E-state index is 0.571. The molecule has 0 radical (unpaired) electrons. The number of benzene rings is 10. The van der Waals surface area contributed by atoms with Gasteiger partial charge in [-0.3, -0.25) is 0 Å². The fourth-order valence-corrected chi connectivity index (χ4v) is 11.3.